The zero-order chi connectivity index (χ0) is 25.0. The van der Waals surface area contributed by atoms with Gasteiger partial charge in [-0.1, -0.05) is 0 Å². The molecule has 2 aliphatic carbocycles. The zero-order valence-corrected chi connectivity index (χ0v) is 26.9. The van der Waals surface area contributed by atoms with E-state index in [0.717, 1.165) is 0 Å². The summed E-state index contributed by atoms with van der Waals surface area (Å²) in [5.41, 5.74) is 10.3. The van der Waals surface area contributed by atoms with Crippen LogP contribution in [0.15, 0.2) is 83.7 Å². The maximum atomic E-state index is 2.60. The topological polar surface area (TPSA) is 0 Å². The molecule has 0 spiro atoms. The van der Waals surface area contributed by atoms with Crippen molar-refractivity contribution in [3.8, 4) is 11.1 Å². The number of hydrogen-bond acceptors (Lipinski definition) is 0. The van der Waals surface area contributed by atoms with Crippen molar-refractivity contribution in [3.63, 3.8) is 0 Å². The molecule has 0 N–H and O–H groups in total. The summed E-state index contributed by atoms with van der Waals surface area (Å²) in [5, 5.41) is 2.32. The summed E-state index contributed by atoms with van der Waals surface area (Å²) >= 11 is -0.355. The van der Waals surface area contributed by atoms with E-state index in [2.05, 4.69) is 133 Å². The molecular weight excluding hydrogens is 546 g/mol. The van der Waals surface area contributed by atoms with Crippen LogP contribution < -0.4 is 24.8 Å². The van der Waals surface area contributed by atoms with E-state index < -0.39 is 0 Å². The molecule has 0 aromatic heterocycles. The molecule has 0 heterocycles. The molecule has 2 atom stereocenters. The molecule has 4 heteroatoms. The van der Waals surface area contributed by atoms with Gasteiger partial charge in [-0.25, -0.2) is 0 Å². The fraction of sp³-hybridized carbons (Fsp3) is 0.333. The van der Waals surface area contributed by atoms with Gasteiger partial charge in [0.25, 0.3) is 0 Å². The fourth-order valence-electron chi connectivity index (χ4n) is 6.27. The summed E-state index contributed by atoms with van der Waals surface area (Å²) in [6.45, 7) is 17.2. The molecule has 0 radical (unpaired) electrons. The second kappa shape index (κ2) is 11.5. The van der Waals surface area contributed by atoms with Crippen LogP contribution in [0.2, 0.25) is 0 Å². The van der Waals surface area contributed by atoms with Crippen LogP contribution in [0.25, 0.3) is 23.3 Å². The minimum absolute atomic E-state index is 0. The van der Waals surface area contributed by atoms with Gasteiger partial charge in [-0.3, -0.25) is 0 Å². The molecular formula is C33H37Cl2PTi. The van der Waals surface area contributed by atoms with E-state index in [1.54, 1.807) is 22.0 Å². The van der Waals surface area contributed by atoms with Crippen LogP contribution >= 0.6 is 7.92 Å². The van der Waals surface area contributed by atoms with E-state index in [4.69, 9.17) is 0 Å². The Kier molecular flexibility index (Phi) is 9.48. The summed E-state index contributed by atoms with van der Waals surface area (Å²) in [4.78, 5) is 0. The van der Waals surface area contributed by atoms with Gasteiger partial charge in [0.05, 0.1) is 0 Å². The van der Waals surface area contributed by atoms with Crippen molar-refractivity contribution in [2.75, 3.05) is 0 Å². The first-order valence-corrected chi connectivity index (χ1v) is 15.9. The van der Waals surface area contributed by atoms with Crippen molar-refractivity contribution in [3.05, 3.63) is 106 Å². The summed E-state index contributed by atoms with van der Waals surface area (Å²) in [5.74, 6) is 0. The third-order valence-electron chi connectivity index (χ3n) is 7.20. The minimum atomic E-state index is -0.355. The van der Waals surface area contributed by atoms with Crippen molar-refractivity contribution in [1.82, 2.24) is 0 Å². The number of benzene rings is 3. The molecule has 2 aliphatic rings. The molecule has 0 nitrogen and oxygen atoms in total. The second-order valence-electron chi connectivity index (χ2n) is 12.0. The molecule has 0 saturated carbocycles. The predicted molar refractivity (Wildman–Crippen MR) is 152 cm³/mol. The van der Waals surface area contributed by atoms with Gasteiger partial charge in [0.15, 0.2) is 0 Å². The molecule has 0 amide bonds. The van der Waals surface area contributed by atoms with Crippen LogP contribution in [0.5, 0.6) is 0 Å². The Labute approximate surface area is 246 Å². The Hall–Kier alpha value is -1.14. The first kappa shape index (κ1) is 30.4. The summed E-state index contributed by atoms with van der Waals surface area (Å²) < 4.78 is 1.19. The standard InChI is InChI=1S/C17H24P.C16H13.2ClH.Ti/c1-16(2,3)18(17(4,5)6)15-11-13-9-7-8-10-14(13)12-15;1-12-10-14-8-5-9-15(16(14)11-12)13-6-3-2-4-7-13;;;/h7-12H,1-6H3;2-11H,1H3;2*1H;/q;;;;+2/p-2. The molecule has 0 bridgehead atoms. The van der Waals surface area contributed by atoms with E-state index in [1.807, 2.05) is 0 Å². The first-order chi connectivity index (χ1) is 16.6. The largest absolute Gasteiger partial charge is 1.00 e. The third kappa shape index (κ3) is 5.90. The fourth-order valence-corrected chi connectivity index (χ4v) is 14.2. The zero-order valence-electron chi connectivity index (χ0n) is 22.9. The van der Waals surface area contributed by atoms with Crippen LogP contribution in [-0.4, -0.2) is 10.3 Å². The minimum Gasteiger partial charge on any atom is -1.00 e. The van der Waals surface area contributed by atoms with Gasteiger partial charge in [0.1, 0.15) is 0 Å². The van der Waals surface area contributed by atoms with E-state index in [9.17, 15) is 0 Å². The van der Waals surface area contributed by atoms with Gasteiger partial charge in [0, 0.05) is 0 Å². The van der Waals surface area contributed by atoms with Gasteiger partial charge in [0.2, 0.25) is 0 Å². The number of allylic oxidation sites excluding steroid dienone is 2. The van der Waals surface area contributed by atoms with Gasteiger partial charge in [-0.2, -0.15) is 0 Å². The number of halogens is 2. The first-order valence-electron chi connectivity index (χ1n) is 12.8. The maximum Gasteiger partial charge on any atom is -1.00 e. The van der Waals surface area contributed by atoms with Crippen molar-refractivity contribution in [2.45, 2.75) is 67.2 Å². The van der Waals surface area contributed by atoms with Crippen LogP contribution in [0.4, 0.5) is 0 Å². The Bertz CT molecular complexity index is 1300. The molecule has 192 valence electrons. The van der Waals surface area contributed by atoms with Crippen molar-refractivity contribution >= 4 is 20.1 Å². The number of hydrogen-bond donors (Lipinski definition) is 0. The maximum absolute atomic E-state index is 2.60. The van der Waals surface area contributed by atoms with Gasteiger partial charge in [-0.05, 0) is 0 Å². The Morgan fingerprint density at radius 2 is 1.24 bits per heavy atom. The predicted octanol–water partition coefficient (Wildman–Crippen LogP) is 4.08. The average Bonchev–Trinajstić information content (AvgIpc) is 3.30. The Morgan fingerprint density at radius 3 is 1.89 bits per heavy atom. The van der Waals surface area contributed by atoms with Gasteiger partial charge >= 0.3 is 224 Å². The molecule has 0 fully saturated rings. The SMILES string of the molecule is CC1=Cc2c(-c3ccccc3)cccc2[CH]1[Ti+2][CH]1C(P(C(C)(C)C)C(C)(C)C)=Cc2ccccc21.[Cl-].[Cl-]. The Balaban J connectivity index is 0.00000190. The van der Waals surface area contributed by atoms with E-state index in [-0.39, 0.29) is 62.2 Å². The Morgan fingerprint density at radius 1 is 0.649 bits per heavy atom. The molecule has 3 aromatic rings. The summed E-state index contributed by atoms with van der Waals surface area (Å²) in [6.07, 6.45) is 5.09. The number of fused-ring (bicyclic) bond motifs is 2. The monoisotopic (exact) mass is 582 g/mol. The van der Waals surface area contributed by atoms with Crippen LogP contribution in [0.3, 0.4) is 0 Å². The van der Waals surface area contributed by atoms with E-state index in [1.165, 1.54) is 22.3 Å². The van der Waals surface area contributed by atoms with Crippen LogP contribution in [-0.2, 0) is 19.2 Å². The summed E-state index contributed by atoms with van der Waals surface area (Å²) in [6, 6.07) is 27.1. The van der Waals surface area contributed by atoms with E-state index in [0.29, 0.717) is 8.45 Å². The summed E-state index contributed by atoms with van der Waals surface area (Å²) in [7, 11) is -0.301. The van der Waals surface area contributed by atoms with Crippen molar-refractivity contribution in [2.24, 2.45) is 0 Å². The number of rotatable bonds is 4. The third-order valence-corrected chi connectivity index (χ3v) is 14.4. The smallest absolute Gasteiger partial charge is 1.00 e. The van der Waals surface area contributed by atoms with Gasteiger partial charge < -0.3 is 24.8 Å². The molecule has 0 aliphatic heterocycles. The molecule has 5 rings (SSSR count). The van der Waals surface area contributed by atoms with Crippen LogP contribution in [0, 0.1) is 0 Å². The quantitative estimate of drug-likeness (QED) is 0.321. The van der Waals surface area contributed by atoms with Gasteiger partial charge in [-0.15, -0.1) is 0 Å². The molecule has 37 heavy (non-hydrogen) atoms. The second-order valence-corrected chi connectivity index (χ2v) is 18.2. The average molecular weight is 583 g/mol. The normalized spacial score (nSPS) is 18.2. The van der Waals surface area contributed by atoms with Crippen molar-refractivity contribution in [1.29, 1.82) is 0 Å². The molecule has 2 unspecified atom stereocenters. The molecule has 3 aromatic carbocycles. The molecule has 0 saturated heterocycles. The van der Waals surface area contributed by atoms with Crippen molar-refractivity contribution < 1.29 is 44.0 Å². The van der Waals surface area contributed by atoms with Crippen LogP contribution in [0.1, 0.15) is 79.2 Å². The van der Waals surface area contributed by atoms with E-state index >= 15 is 0 Å².